The highest BCUT2D eigenvalue weighted by atomic mass is 35.5. The number of ether oxygens (including phenoxy) is 2. The number of anilines is 1. The van der Waals surface area contributed by atoms with E-state index in [1.807, 2.05) is 19.1 Å². The maximum atomic E-state index is 12.9. The summed E-state index contributed by atoms with van der Waals surface area (Å²) in [4.78, 5) is 39.0. The molecule has 3 aliphatic rings. The quantitative estimate of drug-likeness (QED) is 0.469. The van der Waals surface area contributed by atoms with Crippen molar-refractivity contribution in [2.45, 2.75) is 25.6 Å². The average molecular weight is 362 g/mol. The van der Waals surface area contributed by atoms with Crippen LogP contribution in [0.5, 0.6) is 0 Å². The monoisotopic (exact) mass is 361 g/mol. The average Bonchev–Trinajstić information content (AvgIpc) is 3.17. The van der Waals surface area contributed by atoms with Crippen molar-refractivity contribution in [3.05, 3.63) is 40.9 Å². The van der Waals surface area contributed by atoms with Crippen LogP contribution in [-0.4, -0.2) is 36.1 Å². The van der Waals surface area contributed by atoms with Gasteiger partial charge in [-0.05, 0) is 32.0 Å². The molecule has 4 rings (SSSR count). The molecule has 2 bridgehead atoms. The van der Waals surface area contributed by atoms with Gasteiger partial charge < -0.3 is 9.47 Å². The van der Waals surface area contributed by atoms with Crippen molar-refractivity contribution in [2.24, 2.45) is 11.8 Å². The third-order valence-electron chi connectivity index (χ3n) is 5.03. The minimum Gasteiger partial charge on any atom is -0.462 e. The number of rotatable bonds is 3. The lowest BCUT2D eigenvalue weighted by Gasteiger charge is -2.24. The maximum absolute atomic E-state index is 12.9. The van der Waals surface area contributed by atoms with Crippen LogP contribution in [0.25, 0.3) is 0 Å². The standard InChI is InChI=1S/C18H16ClNO5/c1-3-24-17(23)10-8-9(4-5-11(10)19)20-15(21)13-12-6-7-18(2,25-12)14(13)16(20)22/h4-8,12-14H,3H2,1-2H3/t12-,13+,14-,18-/m1/s1. The van der Waals surface area contributed by atoms with E-state index in [9.17, 15) is 14.4 Å². The molecule has 1 aromatic rings. The van der Waals surface area contributed by atoms with Gasteiger partial charge in [-0.3, -0.25) is 9.59 Å². The molecular formula is C18H16ClNO5. The number of imide groups is 1. The molecule has 3 heterocycles. The number of nitrogens with zero attached hydrogens (tertiary/aromatic N) is 1. The number of esters is 1. The molecule has 1 aromatic carbocycles. The molecule has 2 saturated heterocycles. The van der Waals surface area contributed by atoms with E-state index < -0.39 is 23.4 Å². The lowest BCUT2D eigenvalue weighted by Crippen LogP contribution is -2.38. The summed E-state index contributed by atoms with van der Waals surface area (Å²) in [7, 11) is 0. The van der Waals surface area contributed by atoms with Crippen LogP contribution in [-0.2, 0) is 19.1 Å². The lowest BCUT2D eigenvalue weighted by atomic mass is 9.78. The summed E-state index contributed by atoms with van der Waals surface area (Å²) < 4.78 is 10.8. The zero-order valence-electron chi connectivity index (χ0n) is 13.7. The fourth-order valence-electron chi connectivity index (χ4n) is 3.92. The predicted molar refractivity (Wildman–Crippen MR) is 89.3 cm³/mol. The Balaban J connectivity index is 1.72. The molecule has 4 atom stereocenters. The minimum absolute atomic E-state index is 0.127. The summed E-state index contributed by atoms with van der Waals surface area (Å²) in [6, 6.07) is 4.47. The van der Waals surface area contributed by atoms with Crippen molar-refractivity contribution < 1.29 is 23.9 Å². The molecule has 2 amide bonds. The van der Waals surface area contributed by atoms with E-state index in [2.05, 4.69) is 0 Å². The first-order valence-corrected chi connectivity index (χ1v) is 8.47. The molecule has 0 saturated carbocycles. The van der Waals surface area contributed by atoms with E-state index in [0.29, 0.717) is 5.69 Å². The summed E-state index contributed by atoms with van der Waals surface area (Å²) in [6.45, 7) is 3.71. The van der Waals surface area contributed by atoms with E-state index in [0.717, 1.165) is 4.90 Å². The van der Waals surface area contributed by atoms with Gasteiger partial charge >= 0.3 is 5.97 Å². The molecule has 25 heavy (non-hydrogen) atoms. The van der Waals surface area contributed by atoms with Crippen LogP contribution in [0.4, 0.5) is 5.69 Å². The van der Waals surface area contributed by atoms with E-state index in [4.69, 9.17) is 21.1 Å². The molecule has 7 heteroatoms. The minimum atomic E-state index is -0.757. The second kappa shape index (κ2) is 5.41. The van der Waals surface area contributed by atoms with E-state index in [1.165, 1.54) is 12.1 Å². The van der Waals surface area contributed by atoms with Crippen molar-refractivity contribution in [3.8, 4) is 0 Å². The topological polar surface area (TPSA) is 72.9 Å². The van der Waals surface area contributed by atoms with Crippen LogP contribution in [0.2, 0.25) is 5.02 Å². The van der Waals surface area contributed by atoms with Gasteiger partial charge in [-0.25, -0.2) is 9.69 Å². The molecule has 0 radical (unpaired) electrons. The number of hydrogen-bond acceptors (Lipinski definition) is 5. The third-order valence-corrected chi connectivity index (χ3v) is 5.36. The number of benzene rings is 1. The molecule has 3 aliphatic heterocycles. The Labute approximate surface area is 149 Å². The summed E-state index contributed by atoms with van der Waals surface area (Å²) in [5.74, 6) is -2.29. The normalized spacial score (nSPS) is 32.4. The van der Waals surface area contributed by atoms with Gasteiger partial charge in [0, 0.05) is 0 Å². The van der Waals surface area contributed by atoms with E-state index in [1.54, 1.807) is 13.0 Å². The second-order valence-corrected chi connectivity index (χ2v) is 6.93. The van der Waals surface area contributed by atoms with Crippen molar-refractivity contribution in [1.29, 1.82) is 0 Å². The highest BCUT2D eigenvalue weighted by molar-refractivity contribution is 6.34. The van der Waals surface area contributed by atoms with Crippen LogP contribution in [0.3, 0.4) is 0 Å². The van der Waals surface area contributed by atoms with Gasteiger partial charge in [-0.2, -0.15) is 0 Å². The molecule has 0 aromatic heterocycles. The highest BCUT2D eigenvalue weighted by Crippen LogP contribution is 2.52. The SMILES string of the molecule is CCOC(=O)c1cc(N2C(=O)[C@H]3[C@H]4C=C[C@@](C)(O4)[C@H]3C2=O)ccc1Cl. The zero-order chi connectivity index (χ0) is 17.9. The summed E-state index contributed by atoms with van der Waals surface area (Å²) in [5.41, 5.74) is -0.310. The lowest BCUT2D eigenvalue weighted by molar-refractivity contribution is -0.126. The summed E-state index contributed by atoms with van der Waals surface area (Å²) in [6.07, 6.45) is 3.30. The molecule has 6 nitrogen and oxygen atoms in total. The Kier molecular flexibility index (Phi) is 3.53. The Morgan fingerprint density at radius 3 is 2.80 bits per heavy atom. The number of halogens is 1. The van der Waals surface area contributed by atoms with E-state index in [-0.39, 0.29) is 35.1 Å². The molecule has 130 valence electrons. The summed E-state index contributed by atoms with van der Waals surface area (Å²) >= 11 is 6.06. The molecule has 0 spiro atoms. The molecule has 0 aliphatic carbocycles. The number of carbonyl (C=O) groups excluding carboxylic acids is 3. The first-order chi connectivity index (χ1) is 11.9. The second-order valence-electron chi connectivity index (χ2n) is 6.53. The van der Waals surface area contributed by atoms with Crippen LogP contribution in [0.1, 0.15) is 24.2 Å². The first-order valence-electron chi connectivity index (χ1n) is 8.09. The van der Waals surface area contributed by atoms with Crippen LogP contribution in [0.15, 0.2) is 30.4 Å². The molecule has 0 unspecified atom stereocenters. The van der Waals surface area contributed by atoms with Gasteiger partial charge in [0.15, 0.2) is 0 Å². The Morgan fingerprint density at radius 1 is 1.36 bits per heavy atom. The number of amides is 2. The van der Waals surface area contributed by atoms with Gasteiger partial charge in [0.25, 0.3) is 0 Å². The third kappa shape index (κ3) is 2.17. The van der Waals surface area contributed by atoms with Crippen LogP contribution in [0, 0.1) is 11.8 Å². The maximum Gasteiger partial charge on any atom is 0.339 e. The van der Waals surface area contributed by atoms with E-state index >= 15 is 0 Å². The number of fused-ring (bicyclic) bond motifs is 5. The Hall–Kier alpha value is -2.18. The Morgan fingerprint density at radius 2 is 2.12 bits per heavy atom. The highest BCUT2D eigenvalue weighted by Gasteiger charge is 2.66. The van der Waals surface area contributed by atoms with Crippen molar-refractivity contribution >= 4 is 35.1 Å². The molecular weight excluding hydrogens is 346 g/mol. The van der Waals surface area contributed by atoms with Crippen LogP contribution >= 0.6 is 11.6 Å². The van der Waals surface area contributed by atoms with Gasteiger partial charge in [0.05, 0.1) is 46.4 Å². The smallest absolute Gasteiger partial charge is 0.339 e. The fourth-order valence-corrected chi connectivity index (χ4v) is 4.12. The van der Waals surface area contributed by atoms with Crippen molar-refractivity contribution in [3.63, 3.8) is 0 Å². The van der Waals surface area contributed by atoms with Crippen LogP contribution < -0.4 is 4.90 Å². The van der Waals surface area contributed by atoms with Gasteiger partial charge in [-0.1, -0.05) is 23.8 Å². The zero-order valence-corrected chi connectivity index (χ0v) is 14.4. The van der Waals surface area contributed by atoms with Gasteiger partial charge in [-0.15, -0.1) is 0 Å². The molecule has 0 N–H and O–H groups in total. The number of carbonyl (C=O) groups is 3. The predicted octanol–water partition coefficient (Wildman–Crippen LogP) is 2.35. The van der Waals surface area contributed by atoms with Crippen molar-refractivity contribution in [1.82, 2.24) is 0 Å². The largest absolute Gasteiger partial charge is 0.462 e. The Bertz CT molecular complexity index is 835. The fraction of sp³-hybridized carbons (Fsp3) is 0.389. The first kappa shape index (κ1) is 16.3. The van der Waals surface area contributed by atoms with Gasteiger partial charge in [0.2, 0.25) is 11.8 Å². The number of hydrogen-bond donors (Lipinski definition) is 0. The summed E-state index contributed by atoms with van der Waals surface area (Å²) in [5, 5.41) is 0.207. The molecule has 2 fully saturated rings. The van der Waals surface area contributed by atoms with Gasteiger partial charge in [0.1, 0.15) is 0 Å². The van der Waals surface area contributed by atoms with Crippen molar-refractivity contribution in [2.75, 3.05) is 11.5 Å².